The molecule has 0 spiro atoms. The number of rotatable bonds is 3. The first-order chi connectivity index (χ1) is 9.70. The summed E-state index contributed by atoms with van der Waals surface area (Å²) in [5, 5.41) is 2.80. The summed E-state index contributed by atoms with van der Waals surface area (Å²) in [5.41, 5.74) is 6.46. The second kappa shape index (κ2) is 7.32. The summed E-state index contributed by atoms with van der Waals surface area (Å²) < 4.78 is 13.7. The zero-order valence-corrected chi connectivity index (χ0v) is 11.9. The normalized spacial score (nSPS) is 17.4. The number of hydrogen-bond donors (Lipinski definition) is 2. The van der Waals surface area contributed by atoms with Crippen LogP contribution in [0.3, 0.4) is 0 Å². The molecule has 1 aliphatic heterocycles. The molecule has 0 saturated carbocycles. The number of halogens is 1. The van der Waals surface area contributed by atoms with Crippen LogP contribution in [0.4, 0.5) is 4.39 Å². The third kappa shape index (κ3) is 3.99. The van der Waals surface area contributed by atoms with Gasteiger partial charge in [0.25, 0.3) is 0 Å². The fourth-order valence-corrected chi connectivity index (χ4v) is 3.21. The number of nitrogens with one attached hydrogen (secondary N) is 1. The van der Waals surface area contributed by atoms with Gasteiger partial charge >= 0.3 is 0 Å². The average Bonchev–Trinajstić information content (AvgIpc) is 2.99. The molecule has 2 rings (SSSR count). The monoisotopic (exact) mass is 292 g/mol. The van der Waals surface area contributed by atoms with E-state index >= 15 is 0 Å². The Kier molecular flexibility index (Phi) is 5.45. The summed E-state index contributed by atoms with van der Waals surface area (Å²) in [7, 11) is 0. The van der Waals surface area contributed by atoms with Crippen LogP contribution in [0, 0.1) is 17.7 Å². The van der Waals surface area contributed by atoms with E-state index in [-0.39, 0.29) is 30.1 Å². The summed E-state index contributed by atoms with van der Waals surface area (Å²) in [4.78, 5) is 11.9. The van der Waals surface area contributed by atoms with Crippen molar-refractivity contribution in [3.63, 3.8) is 0 Å². The van der Waals surface area contributed by atoms with Crippen LogP contribution in [0.15, 0.2) is 18.2 Å². The Morgan fingerprint density at radius 1 is 1.55 bits per heavy atom. The van der Waals surface area contributed by atoms with Crippen LogP contribution < -0.4 is 11.1 Å². The third-order valence-electron chi connectivity index (χ3n) is 3.06. The number of nitrogens with two attached hydrogens (primary N) is 1. The molecule has 1 aliphatic rings. The van der Waals surface area contributed by atoms with Crippen molar-refractivity contribution in [3.05, 3.63) is 35.1 Å². The molecule has 1 aromatic rings. The van der Waals surface area contributed by atoms with E-state index in [9.17, 15) is 9.18 Å². The number of hydrogen-bond acceptors (Lipinski definition) is 3. The van der Waals surface area contributed by atoms with Gasteiger partial charge in [-0.25, -0.2) is 4.39 Å². The minimum atomic E-state index is -0.331. The smallest absolute Gasteiger partial charge is 0.233 e. The van der Waals surface area contributed by atoms with E-state index in [0.717, 1.165) is 18.6 Å². The van der Waals surface area contributed by atoms with Gasteiger partial charge in [-0.15, -0.1) is 11.8 Å². The highest BCUT2D eigenvalue weighted by molar-refractivity contribution is 8.00. The minimum absolute atomic E-state index is 0.00894. The van der Waals surface area contributed by atoms with E-state index < -0.39 is 0 Å². The first kappa shape index (κ1) is 14.9. The van der Waals surface area contributed by atoms with Gasteiger partial charge in [0.05, 0.1) is 11.8 Å². The number of amides is 1. The fraction of sp³-hybridized carbons (Fsp3) is 0.400. The molecule has 3 N–H and O–H groups in total. The van der Waals surface area contributed by atoms with E-state index in [0.29, 0.717) is 11.1 Å². The minimum Gasteiger partial charge on any atom is -0.351 e. The van der Waals surface area contributed by atoms with Gasteiger partial charge in [0, 0.05) is 17.7 Å². The summed E-state index contributed by atoms with van der Waals surface area (Å²) >= 11 is 1.66. The maximum Gasteiger partial charge on any atom is 0.233 e. The van der Waals surface area contributed by atoms with Crippen LogP contribution in [0.1, 0.15) is 24.0 Å². The van der Waals surface area contributed by atoms with Crippen LogP contribution in [0.2, 0.25) is 0 Å². The first-order valence-corrected chi connectivity index (χ1v) is 7.62. The fourth-order valence-electron chi connectivity index (χ4n) is 2.02. The van der Waals surface area contributed by atoms with Crippen molar-refractivity contribution in [2.75, 3.05) is 12.3 Å². The quantitative estimate of drug-likeness (QED) is 0.833. The van der Waals surface area contributed by atoms with E-state index in [1.807, 2.05) is 0 Å². The largest absolute Gasteiger partial charge is 0.351 e. The lowest BCUT2D eigenvalue weighted by Gasteiger charge is -2.10. The SMILES string of the molecule is NCC#Cc1ccc(F)c(CNC(=O)C2CCCS2)c1. The number of benzene rings is 1. The zero-order chi connectivity index (χ0) is 14.4. The van der Waals surface area contributed by atoms with Gasteiger partial charge in [0.2, 0.25) is 5.91 Å². The van der Waals surface area contributed by atoms with Gasteiger partial charge in [-0.2, -0.15) is 0 Å². The van der Waals surface area contributed by atoms with Gasteiger partial charge < -0.3 is 11.1 Å². The topological polar surface area (TPSA) is 55.1 Å². The van der Waals surface area contributed by atoms with E-state index in [1.54, 1.807) is 23.9 Å². The van der Waals surface area contributed by atoms with Gasteiger partial charge in [0.1, 0.15) is 5.82 Å². The molecule has 1 aromatic carbocycles. The van der Waals surface area contributed by atoms with Crippen LogP contribution in [0.25, 0.3) is 0 Å². The molecule has 106 valence electrons. The van der Waals surface area contributed by atoms with Crippen LogP contribution in [0.5, 0.6) is 0 Å². The summed E-state index contributed by atoms with van der Waals surface area (Å²) in [6, 6.07) is 4.63. The van der Waals surface area contributed by atoms with Crippen molar-refractivity contribution in [1.82, 2.24) is 5.32 Å². The molecular weight excluding hydrogens is 275 g/mol. The summed E-state index contributed by atoms with van der Waals surface area (Å²) in [5.74, 6) is 6.27. The van der Waals surface area contributed by atoms with Crippen molar-refractivity contribution >= 4 is 17.7 Å². The Bertz CT molecular complexity index is 545. The molecule has 1 saturated heterocycles. The average molecular weight is 292 g/mol. The van der Waals surface area contributed by atoms with Crippen molar-refractivity contribution < 1.29 is 9.18 Å². The number of thioether (sulfide) groups is 1. The lowest BCUT2D eigenvalue weighted by Crippen LogP contribution is -2.31. The molecule has 1 atom stereocenters. The molecule has 0 bridgehead atoms. The lowest BCUT2D eigenvalue weighted by atomic mass is 10.1. The molecule has 0 aliphatic carbocycles. The van der Waals surface area contributed by atoms with Crippen molar-refractivity contribution in [3.8, 4) is 11.8 Å². The summed E-state index contributed by atoms with van der Waals surface area (Å²) in [6.07, 6.45) is 1.97. The van der Waals surface area contributed by atoms with E-state index in [2.05, 4.69) is 17.2 Å². The maximum absolute atomic E-state index is 13.7. The molecule has 20 heavy (non-hydrogen) atoms. The van der Waals surface area contributed by atoms with Gasteiger partial charge in [0.15, 0.2) is 0 Å². The zero-order valence-electron chi connectivity index (χ0n) is 11.1. The van der Waals surface area contributed by atoms with Crippen molar-refractivity contribution in [2.24, 2.45) is 5.73 Å². The molecule has 0 aromatic heterocycles. The molecule has 0 radical (unpaired) electrons. The molecule has 1 unspecified atom stereocenters. The number of carbonyl (C=O) groups is 1. The van der Waals surface area contributed by atoms with Crippen LogP contribution >= 0.6 is 11.8 Å². The van der Waals surface area contributed by atoms with Crippen LogP contribution in [-0.4, -0.2) is 23.5 Å². The molecule has 1 fully saturated rings. The third-order valence-corrected chi connectivity index (χ3v) is 4.43. The lowest BCUT2D eigenvalue weighted by molar-refractivity contribution is -0.120. The predicted octanol–water partition coefficient (Wildman–Crippen LogP) is 1.65. The highest BCUT2D eigenvalue weighted by Gasteiger charge is 2.23. The Labute approximate surface area is 122 Å². The molecule has 5 heteroatoms. The van der Waals surface area contributed by atoms with Crippen LogP contribution in [-0.2, 0) is 11.3 Å². The standard InChI is InChI=1S/C15H17FN2OS/c16-13-6-5-11(3-1-7-17)9-12(13)10-18-15(19)14-4-2-8-20-14/h5-6,9,14H,2,4,7-8,10,17H2,(H,18,19). The molecular formula is C15H17FN2OS. The Morgan fingerprint density at radius 3 is 3.10 bits per heavy atom. The number of carbonyl (C=O) groups excluding carboxylic acids is 1. The second-order valence-corrected chi connectivity index (χ2v) is 5.84. The van der Waals surface area contributed by atoms with Gasteiger partial charge in [-0.1, -0.05) is 11.8 Å². The maximum atomic E-state index is 13.7. The van der Waals surface area contributed by atoms with E-state index in [1.165, 1.54) is 6.07 Å². The predicted molar refractivity (Wildman–Crippen MR) is 79.7 cm³/mol. The second-order valence-electron chi connectivity index (χ2n) is 4.53. The van der Waals surface area contributed by atoms with Gasteiger partial charge in [-0.3, -0.25) is 4.79 Å². The van der Waals surface area contributed by atoms with E-state index in [4.69, 9.17) is 5.73 Å². The Hall–Kier alpha value is -1.51. The Morgan fingerprint density at radius 2 is 2.40 bits per heavy atom. The van der Waals surface area contributed by atoms with Gasteiger partial charge in [-0.05, 0) is 36.8 Å². The first-order valence-electron chi connectivity index (χ1n) is 6.57. The highest BCUT2D eigenvalue weighted by atomic mass is 32.2. The highest BCUT2D eigenvalue weighted by Crippen LogP contribution is 2.26. The Balaban J connectivity index is 1.99. The molecule has 3 nitrogen and oxygen atoms in total. The summed E-state index contributed by atoms with van der Waals surface area (Å²) in [6.45, 7) is 0.461. The molecule has 1 heterocycles. The van der Waals surface area contributed by atoms with Crippen molar-refractivity contribution in [2.45, 2.75) is 24.6 Å². The van der Waals surface area contributed by atoms with Crippen molar-refractivity contribution in [1.29, 1.82) is 0 Å². The molecule has 1 amide bonds.